The van der Waals surface area contributed by atoms with E-state index in [0.29, 0.717) is 0 Å². The van der Waals surface area contributed by atoms with Crippen LogP contribution in [-0.4, -0.2) is 42.2 Å². The Kier molecular flexibility index (Phi) is 4.19. The SMILES string of the molecule is COC=CC1CC(F)(F)CN1C(=O)OC(C)(C)C. The van der Waals surface area contributed by atoms with Crippen LogP contribution < -0.4 is 0 Å². The first-order chi connectivity index (χ1) is 8.14. The summed E-state index contributed by atoms with van der Waals surface area (Å²) in [5, 5.41) is 0. The van der Waals surface area contributed by atoms with Gasteiger partial charge in [0.2, 0.25) is 0 Å². The Morgan fingerprint density at radius 1 is 1.44 bits per heavy atom. The van der Waals surface area contributed by atoms with Gasteiger partial charge in [0.25, 0.3) is 5.92 Å². The van der Waals surface area contributed by atoms with Crippen molar-refractivity contribution in [3.63, 3.8) is 0 Å². The Morgan fingerprint density at radius 3 is 2.56 bits per heavy atom. The average Bonchev–Trinajstić information content (AvgIpc) is 2.48. The fourth-order valence-corrected chi connectivity index (χ4v) is 1.71. The van der Waals surface area contributed by atoms with Crippen molar-refractivity contribution in [1.29, 1.82) is 0 Å². The van der Waals surface area contributed by atoms with Gasteiger partial charge in [-0.25, -0.2) is 13.6 Å². The summed E-state index contributed by atoms with van der Waals surface area (Å²) < 4.78 is 36.5. The van der Waals surface area contributed by atoms with E-state index >= 15 is 0 Å². The monoisotopic (exact) mass is 263 g/mol. The van der Waals surface area contributed by atoms with Crippen LogP contribution in [0.4, 0.5) is 13.6 Å². The van der Waals surface area contributed by atoms with Crippen LogP contribution in [0.25, 0.3) is 0 Å². The molecule has 1 fully saturated rings. The molecule has 1 heterocycles. The molecule has 18 heavy (non-hydrogen) atoms. The van der Waals surface area contributed by atoms with Gasteiger partial charge in [-0.1, -0.05) is 0 Å². The molecule has 0 N–H and O–H groups in total. The van der Waals surface area contributed by atoms with Crippen molar-refractivity contribution in [3.05, 3.63) is 12.3 Å². The summed E-state index contributed by atoms with van der Waals surface area (Å²) in [6.07, 6.45) is 1.59. The van der Waals surface area contributed by atoms with Crippen molar-refractivity contribution in [2.75, 3.05) is 13.7 Å². The number of nitrogens with zero attached hydrogens (tertiary/aromatic N) is 1. The van der Waals surface area contributed by atoms with Crippen LogP contribution in [0.2, 0.25) is 0 Å². The molecule has 0 saturated carbocycles. The van der Waals surface area contributed by atoms with Crippen LogP contribution >= 0.6 is 0 Å². The highest BCUT2D eigenvalue weighted by Crippen LogP contribution is 2.33. The number of amides is 1. The number of hydrogen-bond acceptors (Lipinski definition) is 3. The van der Waals surface area contributed by atoms with Crippen LogP contribution in [-0.2, 0) is 9.47 Å². The summed E-state index contributed by atoms with van der Waals surface area (Å²) in [5.74, 6) is -2.89. The van der Waals surface area contributed by atoms with Gasteiger partial charge in [-0.15, -0.1) is 0 Å². The van der Waals surface area contributed by atoms with Gasteiger partial charge in [0.1, 0.15) is 5.60 Å². The number of methoxy groups -OCH3 is 1. The van der Waals surface area contributed by atoms with Crippen LogP contribution in [0.1, 0.15) is 27.2 Å². The Labute approximate surface area is 106 Å². The zero-order valence-corrected chi connectivity index (χ0v) is 11.1. The first-order valence-electron chi connectivity index (χ1n) is 5.71. The van der Waals surface area contributed by atoms with Crippen molar-refractivity contribution < 1.29 is 23.0 Å². The topological polar surface area (TPSA) is 38.8 Å². The summed E-state index contributed by atoms with van der Waals surface area (Å²) in [6.45, 7) is 4.46. The van der Waals surface area contributed by atoms with Crippen molar-refractivity contribution in [1.82, 2.24) is 4.90 Å². The molecule has 1 aliphatic rings. The van der Waals surface area contributed by atoms with Crippen LogP contribution in [0.5, 0.6) is 0 Å². The number of ether oxygens (including phenoxy) is 2. The summed E-state index contributed by atoms with van der Waals surface area (Å²) in [6, 6.07) is -0.699. The van der Waals surface area contributed by atoms with Crippen LogP contribution in [0.3, 0.4) is 0 Å². The first kappa shape index (κ1) is 14.7. The van der Waals surface area contributed by atoms with Crippen LogP contribution in [0, 0.1) is 0 Å². The number of likely N-dealkylation sites (tertiary alicyclic amines) is 1. The Bertz CT molecular complexity index is 337. The molecule has 0 aromatic heterocycles. The zero-order chi connectivity index (χ0) is 14.0. The molecule has 104 valence electrons. The van der Waals surface area contributed by atoms with Gasteiger partial charge in [-0.3, -0.25) is 4.90 Å². The minimum atomic E-state index is -2.89. The molecule has 1 aliphatic heterocycles. The normalized spacial score (nSPS) is 23.4. The third kappa shape index (κ3) is 4.16. The summed E-state index contributed by atoms with van der Waals surface area (Å²) >= 11 is 0. The maximum Gasteiger partial charge on any atom is 0.410 e. The van der Waals surface area contributed by atoms with Gasteiger partial charge < -0.3 is 9.47 Å². The lowest BCUT2D eigenvalue weighted by molar-refractivity contribution is -0.00218. The molecular formula is C12H19F2NO3. The molecule has 0 aromatic carbocycles. The van der Waals surface area contributed by atoms with E-state index in [9.17, 15) is 13.6 Å². The highest BCUT2D eigenvalue weighted by atomic mass is 19.3. The molecule has 0 spiro atoms. The van der Waals surface area contributed by atoms with Crippen molar-refractivity contribution >= 4 is 6.09 Å². The second-order valence-electron chi connectivity index (χ2n) is 5.30. The van der Waals surface area contributed by atoms with E-state index in [1.165, 1.54) is 19.4 Å². The highest BCUT2D eigenvalue weighted by Gasteiger charge is 2.47. The second-order valence-corrected chi connectivity index (χ2v) is 5.30. The maximum absolute atomic E-state index is 13.3. The van der Waals surface area contributed by atoms with Gasteiger partial charge in [-0.2, -0.15) is 0 Å². The molecule has 0 aromatic rings. The highest BCUT2D eigenvalue weighted by molar-refractivity contribution is 5.69. The lowest BCUT2D eigenvalue weighted by Gasteiger charge is -2.26. The maximum atomic E-state index is 13.3. The molecule has 1 unspecified atom stereocenters. The van der Waals surface area contributed by atoms with E-state index in [-0.39, 0.29) is 0 Å². The fourth-order valence-electron chi connectivity index (χ4n) is 1.71. The quantitative estimate of drug-likeness (QED) is 0.719. The smallest absolute Gasteiger partial charge is 0.410 e. The Balaban J connectivity index is 2.77. The van der Waals surface area contributed by atoms with Gasteiger partial charge in [0.05, 0.1) is 26.0 Å². The largest absolute Gasteiger partial charge is 0.505 e. The van der Waals surface area contributed by atoms with E-state index in [0.717, 1.165) is 4.90 Å². The predicted octanol–water partition coefficient (Wildman–Crippen LogP) is 2.79. The Morgan fingerprint density at radius 2 is 2.06 bits per heavy atom. The molecule has 1 rings (SSSR count). The standard InChI is InChI=1S/C12H19F2NO3/c1-11(2,3)18-10(16)15-8-12(13,14)7-9(15)5-6-17-4/h5-6,9H,7-8H2,1-4H3. The van der Waals surface area contributed by atoms with Crippen LogP contribution in [0.15, 0.2) is 12.3 Å². The first-order valence-corrected chi connectivity index (χ1v) is 5.71. The van der Waals surface area contributed by atoms with Gasteiger partial charge in [0.15, 0.2) is 0 Å². The molecule has 4 nitrogen and oxygen atoms in total. The molecule has 0 bridgehead atoms. The lowest BCUT2D eigenvalue weighted by atomic mass is 10.2. The third-order valence-corrected chi connectivity index (χ3v) is 2.37. The summed E-state index contributed by atoms with van der Waals surface area (Å²) in [4.78, 5) is 12.8. The summed E-state index contributed by atoms with van der Waals surface area (Å²) in [5.41, 5.74) is -0.704. The molecule has 1 saturated heterocycles. The third-order valence-electron chi connectivity index (χ3n) is 2.37. The second kappa shape index (κ2) is 5.12. The van der Waals surface area contributed by atoms with Gasteiger partial charge >= 0.3 is 6.09 Å². The number of rotatable bonds is 2. The van der Waals surface area contributed by atoms with Gasteiger partial charge in [0, 0.05) is 6.42 Å². The minimum Gasteiger partial charge on any atom is -0.505 e. The molecule has 6 heteroatoms. The van der Waals surface area contributed by atoms with E-state index < -0.39 is 36.6 Å². The zero-order valence-electron chi connectivity index (χ0n) is 11.1. The summed E-state index contributed by atoms with van der Waals surface area (Å²) in [7, 11) is 1.42. The molecule has 1 amide bonds. The number of alkyl halides is 2. The van der Waals surface area contributed by atoms with E-state index in [1.807, 2.05) is 0 Å². The molecule has 0 aliphatic carbocycles. The number of carbonyl (C=O) groups excluding carboxylic acids is 1. The average molecular weight is 263 g/mol. The van der Waals surface area contributed by atoms with Crippen molar-refractivity contribution in [2.45, 2.75) is 44.8 Å². The Hall–Kier alpha value is -1.33. The number of carbonyl (C=O) groups is 1. The lowest BCUT2D eigenvalue weighted by Crippen LogP contribution is -2.40. The molecular weight excluding hydrogens is 244 g/mol. The van der Waals surface area contributed by atoms with Crippen molar-refractivity contribution in [3.8, 4) is 0 Å². The predicted molar refractivity (Wildman–Crippen MR) is 62.4 cm³/mol. The van der Waals surface area contributed by atoms with Gasteiger partial charge in [-0.05, 0) is 26.8 Å². The molecule has 1 atom stereocenters. The van der Waals surface area contributed by atoms with Crippen molar-refractivity contribution in [2.24, 2.45) is 0 Å². The molecule has 0 radical (unpaired) electrons. The fraction of sp³-hybridized carbons (Fsp3) is 0.750. The van der Waals surface area contributed by atoms with E-state index in [4.69, 9.17) is 9.47 Å². The number of halogens is 2. The van der Waals surface area contributed by atoms with E-state index in [1.54, 1.807) is 20.8 Å². The van der Waals surface area contributed by atoms with E-state index in [2.05, 4.69) is 0 Å². The minimum absolute atomic E-state index is 0.411. The number of hydrogen-bond donors (Lipinski definition) is 0.